The molecule has 0 aliphatic heterocycles. The highest BCUT2D eigenvalue weighted by molar-refractivity contribution is 5.75. The molecule has 8 nitrogen and oxygen atoms in total. The number of anilines is 1. The van der Waals surface area contributed by atoms with E-state index in [0.29, 0.717) is 25.1 Å². The zero-order valence-corrected chi connectivity index (χ0v) is 12.0. The van der Waals surface area contributed by atoms with Crippen molar-refractivity contribution in [2.24, 2.45) is 7.05 Å². The van der Waals surface area contributed by atoms with Gasteiger partial charge in [0.1, 0.15) is 12.2 Å². The maximum Gasteiger partial charge on any atom is 0.334 e. The van der Waals surface area contributed by atoms with E-state index in [-0.39, 0.29) is 18.1 Å². The van der Waals surface area contributed by atoms with Crippen LogP contribution in [-0.4, -0.2) is 38.9 Å². The van der Waals surface area contributed by atoms with Gasteiger partial charge in [-0.1, -0.05) is 20.3 Å². The number of nitro groups is 1. The monoisotopic (exact) mass is 284 g/mol. The van der Waals surface area contributed by atoms with Gasteiger partial charge >= 0.3 is 11.7 Å². The molecule has 0 aromatic carbocycles. The summed E-state index contributed by atoms with van der Waals surface area (Å²) in [7, 11) is 1.60. The Morgan fingerprint density at radius 3 is 2.55 bits per heavy atom. The molecular formula is C12H20N4O4. The topological polar surface area (TPSA) is 102 Å². The molecule has 112 valence electrons. The van der Waals surface area contributed by atoms with Crippen molar-refractivity contribution >= 4 is 17.5 Å². The molecule has 0 aliphatic rings. The highest BCUT2D eigenvalue weighted by atomic mass is 16.6. The first-order valence-corrected chi connectivity index (χ1v) is 6.59. The van der Waals surface area contributed by atoms with Gasteiger partial charge < -0.3 is 10.0 Å². The molecule has 1 heterocycles. The van der Waals surface area contributed by atoms with Crippen molar-refractivity contribution in [1.82, 2.24) is 9.78 Å². The molecule has 0 aliphatic carbocycles. The van der Waals surface area contributed by atoms with Crippen molar-refractivity contribution in [2.75, 3.05) is 18.0 Å². The van der Waals surface area contributed by atoms with Gasteiger partial charge in [-0.3, -0.25) is 14.9 Å². The second kappa shape index (κ2) is 6.88. The van der Waals surface area contributed by atoms with Crippen LogP contribution in [0.15, 0.2) is 0 Å². The van der Waals surface area contributed by atoms with Crippen LogP contribution in [0.5, 0.6) is 0 Å². The van der Waals surface area contributed by atoms with E-state index in [4.69, 9.17) is 5.11 Å². The molecule has 0 amide bonds. The predicted molar refractivity (Wildman–Crippen MR) is 74.0 cm³/mol. The Bertz CT molecular complexity index is 498. The Hall–Kier alpha value is -2.12. The fourth-order valence-electron chi connectivity index (χ4n) is 2.20. The molecule has 0 unspecified atom stereocenters. The van der Waals surface area contributed by atoms with E-state index in [9.17, 15) is 14.9 Å². The van der Waals surface area contributed by atoms with E-state index >= 15 is 0 Å². The van der Waals surface area contributed by atoms with Crippen LogP contribution in [0.1, 0.15) is 32.4 Å². The second-order valence-electron chi connectivity index (χ2n) is 4.56. The Kier molecular flexibility index (Phi) is 5.48. The number of hydrogen-bond donors (Lipinski definition) is 1. The third-order valence-electron chi connectivity index (χ3n) is 2.85. The molecule has 0 atom stereocenters. The molecule has 0 saturated carbocycles. The van der Waals surface area contributed by atoms with Crippen LogP contribution < -0.4 is 4.90 Å². The average molecular weight is 284 g/mol. The van der Waals surface area contributed by atoms with E-state index in [2.05, 4.69) is 5.10 Å². The number of carboxylic acid groups (broad SMARTS) is 1. The first-order valence-electron chi connectivity index (χ1n) is 6.59. The standard InChI is InChI=1S/C12H20N4O4/c1-4-6-9-11(16(19)20)12(14(3)13-9)15(7-5-2)8-10(17)18/h4-8H2,1-3H3,(H,17,18). The van der Waals surface area contributed by atoms with Crippen LogP contribution in [-0.2, 0) is 18.3 Å². The summed E-state index contributed by atoms with van der Waals surface area (Å²) in [5.74, 6) is -0.756. The smallest absolute Gasteiger partial charge is 0.334 e. The van der Waals surface area contributed by atoms with E-state index in [1.54, 1.807) is 7.05 Å². The van der Waals surface area contributed by atoms with Gasteiger partial charge in [0.2, 0.25) is 5.82 Å². The largest absolute Gasteiger partial charge is 0.480 e. The van der Waals surface area contributed by atoms with Gasteiger partial charge in [0.15, 0.2) is 0 Å². The normalized spacial score (nSPS) is 10.6. The predicted octanol–water partition coefficient (Wildman–Crippen LogP) is 1.58. The lowest BCUT2D eigenvalue weighted by atomic mass is 10.2. The van der Waals surface area contributed by atoms with Crippen LogP contribution >= 0.6 is 0 Å². The summed E-state index contributed by atoms with van der Waals surface area (Å²) in [6.07, 6.45) is 1.93. The third-order valence-corrected chi connectivity index (χ3v) is 2.85. The van der Waals surface area contributed by atoms with Crippen LogP contribution in [0, 0.1) is 10.1 Å². The lowest BCUT2D eigenvalue weighted by Gasteiger charge is -2.20. The van der Waals surface area contributed by atoms with E-state index in [1.165, 1.54) is 9.58 Å². The highest BCUT2D eigenvalue weighted by Gasteiger charge is 2.30. The lowest BCUT2D eigenvalue weighted by Crippen LogP contribution is -2.32. The molecule has 1 aromatic heterocycles. The summed E-state index contributed by atoms with van der Waals surface area (Å²) in [6.45, 7) is 3.96. The Labute approximate surface area is 117 Å². The second-order valence-corrected chi connectivity index (χ2v) is 4.56. The SMILES string of the molecule is CCCc1nn(C)c(N(CCC)CC(=O)O)c1[N+](=O)[O-]. The minimum Gasteiger partial charge on any atom is -0.480 e. The van der Waals surface area contributed by atoms with Crippen LogP contribution in [0.25, 0.3) is 0 Å². The Balaban J connectivity index is 3.31. The summed E-state index contributed by atoms with van der Waals surface area (Å²) in [5, 5.41) is 24.4. The molecule has 0 spiro atoms. The molecular weight excluding hydrogens is 264 g/mol. The highest BCUT2D eigenvalue weighted by Crippen LogP contribution is 2.32. The maximum absolute atomic E-state index is 11.3. The van der Waals surface area contributed by atoms with Gasteiger partial charge in [0.25, 0.3) is 0 Å². The molecule has 1 rings (SSSR count). The van der Waals surface area contributed by atoms with Crippen molar-refractivity contribution in [3.8, 4) is 0 Å². The molecule has 1 aromatic rings. The average Bonchev–Trinajstić information content (AvgIpc) is 2.65. The third kappa shape index (κ3) is 3.46. The van der Waals surface area contributed by atoms with Crippen molar-refractivity contribution in [3.05, 3.63) is 15.8 Å². The van der Waals surface area contributed by atoms with Gasteiger partial charge in [-0.25, -0.2) is 4.68 Å². The summed E-state index contributed by atoms with van der Waals surface area (Å²) in [6, 6.07) is 0. The number of rotatable bonds is 8. The van der Waals surface area contributed by atoms with Crippen LogP contribution in [0.3, 0.4) is 0 Å². The quantitative estimate of drug-likeness (QED) is 0.574. The number of carboxylic acids is 1. The van der Waals surface area contributed by atoms with Crippen molar-refractivity contribution in [2.45, 2.75) is 33.1 Å². The first-order chi connectivity index (χ1) is 9.42. The number of hydrogen-bond acceptors (Lipinski definition) is 5. The molecule has 20 heavy (non-hydrogen) atoms. The fourth-order valence-corrected chi connectivity index (χ4v) is 2.20. The minimum atomic E-state index is -1.02. The zero-order valence-electron chi connectivity index (χ0n) is 12.0. The zero-order chi connectivity index (χ0) is 15.3. The molecule has 0 bridgehead atoms. The first kappa shape index (κ1) is 15.9. The van der Waals surface area contributed by atoms with Gasteiger partial charge in [-0.05, 0) is 12.8 Å². The van der Waals surface area contributed by atoms with Gasteiger partial charge in [0.05, 0.1) is 4.92 Å². The summed E-state index contributed by atoms with van der Waals surface area (Å²) >= 11 is 0. The van der Waals surface area contributed by atoms with Crippen LogP contribution in [0.4, 0.5) is 11.5 Å². The Morgan fingerprint density at radius 1 is 1.45 bits per heavy atom. The molecule has 0 radical (unpaired) electrons. The van der Waals surface area contributed by atoms with E-state index in [0.717, 1.165) is 6.42 Å². The van der Waals surface area contributed by atoms with Crippen molar-refractivity contribution < 1.29 is 14.8 Å². The molecule has 8 heteroatoms. The number of aromatic nitrogens is 2. The molecule has 1 N–H and O–H groups in total. The molecule has 0 fully saturated rings. The Morgan fingerprint density at radius 2 is 2.10 bits per heavy atom. The van der Waals surface area contributed by atoms with Gasteiger partial charge in [0, 0.05) is 13.6 Å². The van der Waals surface area contributed by atoms with E-state index < -0.39 is 10.9 Å². The lowest BCUT2D eigenvalue weighted by molar-refractivity contribution is -0.384. The summed E-state index contributed by atoms with van der Waals surface area (Å²) in [5.41, 5.74) is 0.325. The summed E-state index contributed by atoms with van der Waals surface area (Å²) in [4.78, 5) is 23.3. The van der Waals surface area contributed by atoms with E-state index in [1.807, 2.05) is 13.8 Å². The number of aryl methyl sites for hydroxylation is 2. The number of nitrogens with zero attached hydrogens (tertiary/aromatic N) is 4. The summed E-state index contributed by atoms with van der Waals surface area (Å²) < 4.78 is 1.40. The van der Waals surface area contributed by atoms with Crippen molar-refractivity contribution in [1.29, 1.82) is 0 Å². The minimum absolute atomic E-state index is 0.0796. The fraction of sp³-hybridized carbons (Fsp3) is 0.667. The molecule has 0 saturated heterocycles. The number of aliphatic carboxylic acids is 1. The van der Waals surface area contributed by atoms with Gasteiger partial charge in [-0.2, -0.15) is 5.10 Å². The maximum atomic E-state index is 11.3. The number of carbonyl (C=O) groups is 1. The van der Waals surface area contributed by atoms with Gasteiger partial charge in [-0.15, -0.1) is 0 Å². The van der Waals surface area contributed by atoms with Crippen molar-refractivity contribution in [3.63, 3.8) is 0 Å². The van der Waals surface area contributed by atoms with Crippen LogP contribution in [0.2, 0.25) is 0 Å².